The van der Waals surface area contributed by atoms with E-state index in [0.29, 0.717) is 22.8 Å². The predicted molar refractivity (Wildman–Crippen MR) is 71.8 cm³/mol. The summed E-state index contributed by atoms with van der Waals surface area (Å²) >= 11 is 0. The minimum Gasteiger partial charge on any atom is -0.327 e. The highest BCUT2D eigenvalue weighted by molar-refractivity contribution is 5.34. The molecule has 0 unspecified atom stereocenters. The fourth-order valence-corrected chi connectivity index (χ4v) is 4.29. The van der Waals surface area contributed by atoms with Crippen LogP contribution in [0.1, 0.15) is 45.1 Å². The van der Waals surface area contributed by atoms with Gasteiger partial charge in [-0.25, -0.2) is 0 Å². The Labute approximate surface area is 104 Å². The van der Waals surface area contributed by atoms with E-state index in [2.05, 4.69) is 44.2 Å². The molecule has 3 rings (SSSR count). The normalized spacial score (nSPS) is 33.6. The number of rotatable bonds is 2. The Balaban J connectivity index is 2.01. The van der Waals surface area contributed by atoms with E-state index < -0.39 is 0 Å². The highest BCUT2D eigenvalue weighted by atomic mass is 14.9. The van der Waals surface area contributed by atoms with Crippen LogP contribution in [0.3, 0.4) is 0 Å². The first-order valence-corrected chi connectivity index (χ1v) is 6.90. The lowest BCUT2D eigenvalue weighted by molar-refractivity contribution is 0.327. The Hall–Kier alpha value is -0.820. The summed E-state index contributed by atoms with van der Waals surface area (Å²) in [6, 6.07) is 11.5. The van der Waals surface area contributed by atoms with Crippen molar-refractivity contribution in [1.29, 1.82) is 0 Å². The summed E-state index contributed by atoms with van der Waals surface area (Å²) in [7, 11) is 0. The van der Waals surface area contributed by atoms with Crippen LogP contribution in [-0.2, 0) is 5.41 Å². The number of hydrogen-bond donors (Lipinski definition) is 1. The van der Waals surface area contributed by atoms with Crippen molar-refractivity contribution in [3.05, 3.63) is 35.9 Å². The van der Waals surface area contributed by atoms with Gasteiger partial charge in [0.2, 0.25) is 0 Å². The largest absolute Gasteiger partial charge is 0.327 e. The van der Waals surface area contributed by atoms with Crippen molar-refractivity contribution in [3.8, 4) is 0 Å². The molecule has 0 heterocycles. The van der Waals surface area contributed by atoms with Gasteiger partial charge in [0.25, 0.3) is 0 Å². The van der Waals surface area contributed by atoms with E-state index in [1.165, 1.54) is 31.2 Å². The van der Waals surface area contributed by atoms with E-state index in [0.717, 1.165) is 0 Å². The minimum atomic E-state index is 0.334. The van der Waals surface area contributed by atoms with Crippen molar-refractivity contribution in [3.63, 3.8) is 0 Å². The first kappa shape index (κ1) is 11.3. The lowest BCUT2D eigenvalue weighted by Gasteiger charge is -2.31. The van der Waals surface area contributed by atoms with Gasteiger partial charge >= 0.3 is 0 Å². The molecule has 2 saturated carbocycles. The first-order chi connectivity index (χ1) is 8.09. The molecule has 1 heteroatoms. The summed E-state index contributed by atoms with van der Waals surface area (Å²) in [5, 5.41) is 0. The van der Waals surface area contributed by atoms with E-state index in [9.17, 15) is 0 Å². The lowest BCUT2D eigenvalue weighted by atomic mass is 9.72. The maximum absolute atomic E-state index is 6.35. The van der Waals surface area contributed by atoms with E-state index in [-0.39, 0.29) is 0 Å². The molecule has 0 bridgehead atoms. The molecule has 2 aliphatic carbocycles. The topological polar surface area (TPSA) is 26.0 Å². The maximum atomic E-state index is 6.35. The molecule has 92 valence electrons. The van der Waals surface area contributed by atoms with Gasteiger partial charge in [0.1, 0.15) is 0 Å². The van der Waals surface area contributed by atoms with Crippen LogP contribution in [0, 0.1) is 11.3 Å². The van der Waals surface area contributed by atoms with Crippen molar-refractivity contribution >= 4 is 0 Å². The van der Waals surface area contributed by atoms with Crippen molar-refractivity contribution in [2.24, 2.45) is 17.1 Å². The van der Waals surface area contributed by atoms with Gasteiger partial charge in [-0.1, -0.05) is 57.0 Å². The molecule has 2 aliphatic rings. The molecule has 0 amide bonds. The standard InChI is InChI=1S/C16H23N/c1-15(2)13(14(15)17)16(10-6-7-11-16)12-8-4-3-5-9-12/h3-5,8-9,13-14H,6-7,10-11,17H2,1-2H3/t13-,14-/m1/s1. The van der Waals surface area contributed by atoms with Gasteiger partial charge in [0.15, 0.2) is 0 Å². The van der Waals surface area contributed by atoms with Crippen LogP contribution in [0.25, 0.3) is 0 Å². The summed E-state index contributed by atoms with van der Waals surface area (Å²) in [5.41, 5.74) is 8.59. The second-order valence-electron chi connectivity index (χ2n) is 6.55. The summed E-state index contributed by atoms with van der Waals surface area (Å²) in [5.74, 6) is 0.680. The average Bonchev–Trinajstić information content (AvgIpc) is 2.73. The molecular formula is C16H23N. The SMILES string of the molecule is CC1(C)[C@H](N)[C@H]1C1(c2ccccc2)CCCC1. The number of benzene rings is 1. The molecule has 0 radical (unpaired) electrons. The fourth-order valence-electron chi connectivity index (χ4n) is 4.29. The molecule has 0 aromatic heterocycles. The number of hydrogen-bond acceptors (Lipinski definition) is 1. The van der Waals surface area contributed by atoms with Crippen LogP contribution in [0.15, 0.2) is 30.3 Å². The first-order valence-electron chi connectivity index (χ1n) is 6.90. The zero-order valence-corrected chi connectivity index (χ0v) is 10.9. The zero-order valence-electron chi connectivity index (χ0n) is 10.9. The zero-order chi connectivity index (χ0) is 12.1. The molecule has 2 fully saturated rings. The van der Waals surface area contributed by atoms with Crippen molar-refractivity contribution in [2.45, 2.75) is 51.0 Å². The van der Waals surface area contributed by atoms with Gasteiger partial charge in [-0.2, -0.15) is 0 Å². The molecule has 2 N–H and O–H groups in total. The minimum absolute atomic E-state index is 0.334. The predicted octanol–water partition coefficient (Wildman–Crippen LogP) is 3.48. The van der Waals surface area contributed by atoms with Gasteiger partial charge in [-0.3, -0.25) is 0 Å². The van der Waals surface area contributed by atoms with Crippen LogP contribution in [0.2, 0.25) is 0 Å². The monoisotopic (exact) mass is 229 g/mol. The van der Waals surface area contributed by atoms with E-state index in [4.69, 9.17) is 5.73 Å². The van der Waals surface area contributed by atoms with E-state index >= 15 is 0 Å². The Morgan fingerprint density at radius 3 is 2.06 bits per heavy atom. The van der Waals surface area contributed by atoms with Crippen molar-refractivity contribution in [2.75, 3.05) is 0 Å². The summed E-state index contributed by atoms with van der Waals surface area (Å²) in [6.45, 7) is 4.68. The summed E-state index contributed by atoms with van der Waals surface area (Å²) in [6.07, 6.45) is 5.40. The molecular weight excluding hydrogens is 206 g/mol. The molecule has 0 spiro atoms. The smallest absolute Gasteiger partial charge is 0.0136 e. The van der Waals surface area contributed by atoms with Crippen LogP contribution in [0.4, 0.5) is 0 Å². The Morgan fingerprint density at radius 1 is 1.06 bits per heavy atom. The third-order valence-electron chi connectivity index (χ3n) is 5.35. The average molecular weight is 229 g/mol. The van der Waals surface area contributed by atoms with Gasteiger partial charge in [-0.15, -0.1) is 0 Å². The van der Waals surface area contributed by atoms with E-state index in [1.54, 1.807) is 0 Å². The van der Waals surface area contributed by atoms with Crippen molar-refractivity contribution in [1.82, 2.24) is 0 Å². The highest BCUT2D eigenvalue weighted by Crippen LogP contribution is 2.64. The van der Waals surface area contributed by atoms with Gasteiger partial charge < -0.3 is 5.73 Å². The van der Waals surface area contributed by atoms with Crippen LogP contribution >= 0.6 is 0 Å². The highest BCUT2D eigenvalue weighted by Gasteiger charge is 2.65. The Kier molecular flexibility index (Phi) is 2.38. The Morgan fingerprint density at radius 2 is 1.59 bits per heavy atom. The third-order valence-corrected chi connectivity index (χ3v) is 5.35. The summed E-state index contributed by atoms with van der Waals surface area (Å²) < 4.78 is 0. The second kappa shape index (κ2) is 3.58. The van der Waals surface area contributed by atoms with Gasteiger partial charge in [0, 0.05) is 11.5 Å². The van der Waals surface area contributed by atoms with Crippen molar-refractivity contribution < 1.29 is 0 Å². The molecule has 0 aliphatic heterocycles. The van der Waals surface area contributed by atoms with E-state index in [1.807, 2.05) is 0 Å². The van der Waals surface area contributed by atoms with Gasteiger partial charge in [0.05, 0.1) is 0 Å². The molecule has 1 nitrogen and oxygen atoms in total. The molecule has 2 atom stereocenters. The molecule has 1 aromatic carbocycles. The van der Waals surface area contributed by atoms with Crippen LogP contribution in [0.5, 0.6) is 0 Å². The molecule has 0 saturated heterocycles. The molecule has 17 heavy (non-hydrogen) atoms. The quantitative estimate of drug-likeness (QED) is 0.825. The third kappa shape index (κ3) is 1.48. The Bertz CT molecular complexity index is 401. The van der Waals surface area contributed by atoms with Gasteiger partial charge in [-0.05, 0) is 29.7 Å². The number of nitrogens with two attached hydrogens (primary N) is 1. The summed E-state index contributed by atoms with van der Waals surface area (Å²) in [4.78, 5) is 0. The van der Waals surface area contributed by atoms with Crippen LogP contribution < -0.4 is 5.73 Å². The fraction of sp³-hybridized carbons (Fsp3) is 0.625. The second-order valence-corrected chi connectivity index (χ2v) is 6.55. The maximum Gasteiger partial charge on any atom is 0.0136 e. The lowest BCUT2D eigenvalue weighted by Crippen LogP contribution is -2.29. The van der Waals surface area contributed by atoms with Crippen LogP contribution in [-0.4, -0.2) is 6.04 Å². The molecule has 1 aromatic rings.